The van der Waals surface area contributed by atoms with Crippen molar-refractivity contribution in [3.63, 3.8) is 0 Å². The third kappa shape index (κ3) is 2.23. The normalized spacial score (nSPS) is 26.1. The Labute approximate surface area is 83.4 Å². The zero-order chi connectivity index (χ0) is 10.6. The van der Waals surface area contributed by atoms with Crippen molar-refractivity contribution in [2.45, 2.75) is 26.2 Å². The molecule has 1 aliphatic heterocycles. The number of nitrogens with one attached hydrogen (secondary N) is 2. The van der Waals surface area contributed by atoms with Gasteiger partial charge < -0.3 is 11.1 Å². The number of nitrogens with two attached hydrogens (primary N) is 1. The molecule has 14 heavy (non-hydrogen) atoms. The van der Waals surface area contributed by atoms with Gasteiger partial charge in [0.2, 0.25) is 5.91 Å². The molecule has 1 rings (SSSR count). The van der Waals surface area contributed by atoms with Crippen LogP contribution in [0.3, 0.4) is 0 Å². The molecule has 80 valence electrons. The van der Waals surface area contributed by atoms with E-state index < -0.39 is 11.4 Å². The third-order valence-electron chi connectivity index (χ3n) is 2.69. The molecule has 0 aromatic heterocycles. The van der Waals surface area contributed by atoms with Gasteiger partial charge in [-0.25, -0.2) is 4.79 Å². The minimum Gasteiger partial charge on any atom is -0.351 e. The van der Waals surface area contributed by atoms with Crippen LogP contribution in [0.25, 0.3) is 0 Å². The molecule has 3 amide bonds. The summed E-state index contributed by atoms with van der Waals surface area (Å²) in [6.07, 6.45) is 2.49. The van der Waals surface area contributed by atoms with E-state index in [1.165, 1.54) is 0 Å². The first-order valence-electron chi connectivity index (χ1n) is 4.92. The Hall–Kier alpha value is -1.10. The average molecular weight is 199 g/mol. The van der Waals surface area contributed by atoms with Gasteiger partial charge in [-0.15, -0.1) is 0 Å². The monoisotopic (exact) mass is 199 g/mol. The first-order chi connectivity index (χ1) is 6.60. The number of hydrogen-bond acceptors (Lipinski definition) is 3. The fourth-order valence-corrected chi connectivity index (χ4v) is 1.99. The summed E-state index contributed by atoms with van der Waals surface area (Å²) >= 11 is 0. The predicted molar refractivity (Wildman–Crippen MR) is 52.6 cm³/mol. The zero-order valence-electron chi connectivity index (χ0n) is 8.43. The van der Waals surface area contributed by atoms with Crippen molar-refractivity contribution in [3.05, 3.63) is 0 Å². The van der Waals surface area contributed by atoms with Crippen LogP contribution in [0.4, 0.5) is 4.79 Å². The maximum atomic E-state index is 11.7. The number of amides is 3. The van der Waals surface area contributed by atoms with E-state index in [0.717, 1.165) is 25.8 Å². The van der Waals surface area contributed by atoms with E-state index in [1.807, 2.05) is 6.92 Å². The first-order valence-corrected chi connectivity index (χ1v) is 4.92. The largest absolute Gasteiger partial charge is 0.351 e. The average Bonchev–Trinajstić information content (AvgIpc) is 2.53. The number of carbonyl (C=O) groups excluding carboxylic acids is 2. The molecular weight excluding hydrogens is 182 g/mol. The molecule has 1 fully saturated rings. The molecule has 0 saturated carbocycles. The Kier molecular flexibility index (Phi) is 3.46. The second-order valence-electron chi connectivity index (χ2n) is 3.78. The Morgan fingerprint density at radius 2 is 2.29 bits per heavy atom. The molecule has 0 aliphatic carbocycles. The minimum atomic E-state index is -0.766. The molecule has 1 saturated heterocycles. The van der Waals surface area contributed by atoms with E-state index in [1.54, 1.807) is 0 Å². The smallest absolute Gasteiger partial charge is 0.318 e. The van der Waals surface area contributed by atoms with Crippen LogP contribution < -0.4 is 16.4 Å². The highest BCUT2D eigenvalue weighted by molar-refractivity contribution is 5.97. The molecule has 0 aromatic rings. The molecule has 0 radical (unpaired) electrons. The summed E-state index contributed by atoms with van der Waals surface area (Å²) in [5.74, 6) is -0.239. The standard InChI is InChI=1S/C9H17N3O2/c1-2-3-9(4-5-11-6-9)7(13)12-8(10)14/h11H,2-6H2,1H3,(H3,10,12,13,14). The minimum absolute atomic E-state index is 0.239. The number of hydrogen-bond donors (Lipinski definition) is 3. The summed E-state index contributed by atoms with van der Waals surface area (Å²) < 4.78 is 0. The predicted octanol–water partition coefficient (Wildman–Crippen LogP) is -0.0389. The second-order valence-corrected chi connectivity index (χ2v) is 3.78. The van der Waals surface area contributed by atoms with Gasteiger partial charge in [0, 0.05) is 6.54 Å². The lowest BCUT2D eigenvalue weighted by Gasteiger charge is -2.25. The van der Waals surface area contributed by atoms with E-state index in [2.05, 4.69) is 10.6 Å². The maximum absolute atomic E-state index is 11.7. The fourth-order valence-electron chi connectivity index (χ4n) is 1.99. The fraction of sp³-hybridized carbons (Fsp3) is 0.778. The van der Waals surface area contributed by atoms with Crippen molar-refractivity contribution >= 4 is 11.9 Å². The lowest BCUT2D eigenvalue weighted by Crippen LogP contribution is -2.46. The number of carbonyl (C=O) groups is 2. The van der Waals surface area contributed by atoms with Crippen LogP contribution >= 0.6 is 0 Å². The number of urea groups is 1. The topological polar surface area (TPSA) is 84.2 Å². The van der Waals surface area contributed by atoms with Crippen LogP contribution in [-0.2, 0) is 4.79 Å². The van der Waals surface area contributed by atoms with E-state index in [4.69, 9.17) is 5.73 Å². The summed E-state index contributed by atoms with van der Waals surface area (Å²) in [5, 5.41) is 5.31. The van der Waals surface area contributed by atoms with Gasteiger partial charge >= 0.3 is 6.03 Å². The van der Waals surface area contributed by atoms with E-state index >= 15 is 0 Å². The Morgan fingerprint density at radius 3 is 2.71 bits per heavy atom. The zero-order valence-corrected chi connectivity index (χ0v) is 8.43. The van der Waals surface area contributed by atoms with Gasteiger partial charge in [0.1, 0.15) is 0 Å². The van der Waals surface area contributed by atoms with Gasteiger partial charge in [0.25, 0.3) is 0 Å². The van der Waals surface area contributed by atoms with E-state index in [0.29, 0.717) is 6.54 Å². The molecule has 0 bridgehead atoms. The molecule has 1 unspecified atom stereocenters. The summed E-state index contributed by atoms with van der Waals surface area (Å²) in [7, 11) is 0. The highest BCUT2D eigenvalue weighted by Gasteiger charge is 2.40. The Morgan fingerprint density at radius 1 is 1.57 bits per heavy atom. The van der Waals surface area contributed by atoms with Crippen molar-refractivity contribution in [2.75, 3.05) is 13.1 Å². The van der Waals surface area contributed by atoms with Crippen LogP contribution in [0.2, 0.25) is 0 Å². The lowest BCUT2D eigenvalue weighted by atomic mass is 9.81. The SMILES string of the molecule is CCCC1(C(=O)NC(N)=O)CCNC1. The summed E-state index contributed by atoms with van der Waals surface area (Å²) in [5.41, 5.74) is 4.50. The molecule has 1 aliphatic rings. The van der Waals surface area contributed by atoms with Gasteiger partial charge in [0.05, 0.1) is 5.41 Å². The molecule has 5 heteroatoms. The molecule has 0 aromatic carbocycles. The molecular formula is C9H17N3O2. The van der Waals surface area contributed by atoms with Gasteiger partial charge in [-0.05, 0) is 19.4 Å². The van der Waals surface area contributed by atoms with E-state index in [-0.39, 0.29) is 5.91 Å². The molecule has 1 heterocycles. The van der Waals surface area contributed by atoms with Crippen LogP contribution in [0.15, 0.2) is 0 Å². The van der Waals surface area contributed by atoms with Crippen molar-refractivity contribution in [3.8, 4) is 0 Å². The second kappa shape index (κ2) is 4.41. The molecule has 4 N–H and O–H groups in total. The van der Waals surface area contributed by atoms with Crippen molar-refractivity contribution in [1.82, 2.24) is 10.6 Å². The molecule has 0 spiro atoms. The number of imide groups is 1. The third-order valence-corrected chi connectivity index (χ3v) is 2.69. The number of rotatable bonds is 3. The summed E-state index contributed by atoms with van der Waals surface area (Å²) in [6.45, 7) is 3.49. The highest BCUT2D eigenvalue weighted by Crippen LogP contribution is 2.31. The maximum Gasteiger partial charge on any atom is 0.318 e. The number of primary amides is 1. The van der Waals surface area contributed by atoms with Crippen molar-refractivity contribution in [2.24, 2.45) is 11.1 Å². The summed E-state index contributed by atoms with van der Waals surface area (Å²) in [6, 6.07) is -0.766. The van der Waals surface area contributed by atoms with Crippen molar-refractivity contribution < 1.29 is 9.59 Å². The molecule has 1 atom stereocenters. The van der Waals surface area contributed by atoms with Crippen LogP contribution in [-0.4, -0.2) is 25.0 Å². The van der Waals surface area contributed by atoms with Gasteiger partial charge in [-0.1, -0.05) is 13.3 Å². The molecule has 5 nitrogen and oxygen atoms in total. The van der Waals surface area contributed by atoms with Crippen LogP contribution in [0.1, 0.15) is 26.2 Å². The Bertz CT molecular complexity index is 234. The first kappa shape index (κ1) is 11.0. The van der Waals surface area contributed by atoms with Gasteiger partial charge in [-0.2, -0.15) is 0 Å². The lowest BCUT2D eigenvalue weighted by molar-refractivity contribution is -0.129. The van der Waals surface area contributed by atoms with Crippen LogP contribution in [0, 0.1) is 5.41 Å². The quantitative estimate of drug-likeness (QED) is 0.596. The summed E-state index contributed by atoms with van der Waals surface area (Å²) in [4.78, 5) is 22.3. The van der Waals surface area contributed by atoms with Crippen LogP contribution in [0.5, 0.6) is 0 Å². The van der Waals surface area contributed by atoms with E-state index in [9.17, 15) is 9.59 Å². The van der Waals surface area contributed by atoms with Gasteiger partial charge in [-0.3, -0.25) is 10.1 Å². The Balaban J connectivity index is 2.66. The van der Waals surface area contributed by atoms with Crippen molar-refractivity contribution in [1.29, 1.82) is 0 Å². The van der Waals surface area contributed by atoms with Gasteiger partial charge in [0.15, 0.2) is 0 Å². The highest BCUT2D eigenvalue weighted by atomic mass is 16.2.